The summed E-state index contributed by atoms with van der Waals surface area (Å²) in [6, 6.07) is 13.6. The van der Waals surface area contributed by atoms with Gasteiger partial charge in [-0.25, -0.2) is 19.3 Å². The summed E-state index contributed by atoms with van der Waals surface area (Å²) in [5.74, 6) is -0.633. The Labute approximate surface area is 177 Å². The van der Waals surface area contributed by atoms with E-state index in [1.54, 1.807) is 35.5 Å². The molecule has 6 nitrogen and oxygen atoms in total. The zero-order valence-corrected chi connectivity index (χ0v) is 16.4. The van der Waals surface area contributed by atoms with Gasteiger partial charge in [0, 0.05) is 36.4 Å². The van der Waals surface area contributed by atoms with E-state index in [1.165, 1.54) is 18.5 Å². The SMILES string of the molecule is N#Cc1ccc2c(c1)CN(C(=O)c1cc(-c3cncnc3)nc3ccc(F)cc13)CC2. The molecule has 0 aliphatic carbocycles. The van der Waals surface area contributed by atoms with Crippen LogP contribution in [0.2, 0.25) is 0 Å². The molecule has 0 spiro atoms. The predicted octanol–water partition coefficient (Wildman–Crippen LogP) is 3.90. The van der Waals surface area contributed by atoms with Gasteiger partial charge in [-0.15, -0.1) is 0 Å². The molecule has 5 rings (SSSR count). The van der Waals surface area contributed by atoms with Crippen molar-refractivity contribution >= 4 is 16.8 Å². The smallest absolute Gasteiger partial charge is 0.254 e. The average molecular weight is 409 g/mol. The van der Waals surface area contributed by atoms with Crippen molar-refractivity contribution in [1.82, 2.24) is 19.9 Å². The van der Waals surface area contributed by atoms with Crippen molar-refractivity contribution < 1.29 is 9.18 Å². The molecule has 4 aromatic rings. The third kappa shape index (κ3) is 3.49. The van der Waals surface area contributed by atoms with Crippen LogP contribution in [-0.4, -0.2) is 32.3 Å². The van der Waals surface area contributed by atoms with Crippen LogP contribution in [0.1, 0.15) is 27.0 Å². The van der Waals surface area contributed by atoms with Crippen molar-refractivity contribution in [2.75, 3.05) is 6.54 Å². The zero-order chi connectivity index (χ0) is 21.4. The van der Waals surface area contributed by atoms with Gasteiger partial charge in [-0.05, 0) is 53.9 Å². The summed E-state index contributed by atoms with van der Waals surface area (Å²) in [6.45, 7) is 0.938. The van der Waals surface area contributed by atoms with E-state index >= 15 is 0 Å². The third-order valence-electron chi connectivity index (χ3n) is 5.49. The van der Waals surface area contributed by atoms with E-state index in [4.69, 9.17) is 0 Å². The van der Waals surface area contributed by atoms with Gasteiger partial charge >= 0.3 is 0 Å². The number of aromatic nitrogens is 3. The van der Waals surface area contributed by atoms with Crippen LogP contribution in [0.3, 0.4) is 0 Å². The van der Waals surface area contributed by atoms with Crippen LogP contribution >= 0.6 is 0 Å². The van der Waals surface area contributed by atoms with E-state index in [1.807, 2.05) is 12.1 Å². The number of hydrogen-bond donors (Lipinski definition) is 0. The highest BCUT2D eigenvalue weighted by molar-refractivity contribution is 6.07. The molecule has 0 unspecified atom stereocenters. The summed E-state index contributed by atoms with van der Waals surface area (Å²) in [4.78, 5) is 27.9. The molecule has 7 heteroatoms. The lowest BCUT2D eigenvalue weighted by Gasteiger charge is -2.29. The minimum absolute atomic E-state index is 0.205. The second kappa shape index (κ2) is 7.58. The minimum Gasteiger partial charge on any atom is -0.334 e. The molecule has 2 aromatic heterocycles. The fourth-order valence-electron chi connectivity index (χ4n) is 3.92. The van der Waals surface area contributed by atoms with Gasteiger partial charge < -0.3 is 4.90 Å². The van der Waals surface area contributed by atoms with Gasteiger partial charge in [0.05, 0.1) is 28.4 Å². The molecule has 0 radical (unpaired) electrons. The lowest BCUT2D eigenvalue weighted by Crippen LogP contribution is -2.36. The maximum Gasteiger partial charge on any atom is 0.254 e. The normalized spacial score (nSPS) is 13.0. The summed E-state index contributed by atoms with van der Waals surface area (Å²) in [5, 5.41) is 9.65. The van der Waals surface area contributed by atoms with Crippen LogP contribution < -0.4 is 0 Å². The highest BCUT2D eigenvalue weighted by Gasteiger charge is 2.24. The first kappa shape index (κ1) is 18.8. The maximum atomic E-state index is 14.0. The Morgan fingerprint density at radius 1 is 1.06 bits per heavy atom. The molecular weight excluding hydrogens is 393 g/mol. The number of hydrogen-bond acceptors (Lipinski definition) is 5. The molecule has 1 aliphatic heterocycles. The van der Waals surface area contributed by atoms with E-state index in [2.05, 4.69) is 21.0 Å². The van der Waals surface area contributed by atoms with Crippen LogP contribution in [0.4, 0.5) is 4.39 Å². The molecule has 2 aromatic carbocycles. The fourth-order valence-corrected chi connectivity index (χ4v) is 3.92. The van der Waals surface area contributed by atoms with Crippen molar-refractivity contribution in [3.8, 4) is 17.3 Å². The van der Waals surface area contributed by atoms with Crippen molar-refractivity contribution in [2.24, 2.45) is 0 Å². The van der Waals surface area contributed by atoms with Gasteiger partial charge in [-0.3, -0.25) is 4.79 Å². The van der Waals surface area contributed by atoms with Crippen molar-refractivity contribution in [2.45, 2.75) is 13.0 Å². The third-order valence-corrected chi connectivity index (χ3v) is 5.49. The number of carbonyl (C=O) groups excluding carboxylic acids is 1. The van der Waals surface area contributed by atoms with Gasteiger partial charge in [0.2, 0.25) is 0 Å². The van der Waals surface area contributed by atoms with Gasteiger partial charge in [0.15, 0.2) is 0 Å². The number of benzene rings is 2. The number of rotatable bonds is 2. The molecule has 1 amide bonds. The Morgan fingerprint density at radius 3 is 2.71 bits per heavy atom. The van der Waals surface area contributed by atoms with Crippen molar-refractivity contribution in [3.63, 3.8) is 0 Å². The molecule has 0 saturated carbocycles. The Balaban J connectivity index is 1.59. The largest absolute Gasteiger partial charge is 0.334 e. The standard InChI is InChI=1S/C24H16FN5O/c25-19-3-4-22-20(8-19)21(9-23(29-22)18-11-27-14-28-12-18)24(31)30-6-5-16-2-1-15(10-26)7-17(16)13-30/h1-4,7-9,11-12,14H,5-6,13H2. The lowest BCUT2D eigenvalue weighted by atomic mass is 9.96. The Kier molecular flexibility index (Phi) is 4.60. The number of nitrogens with zero attached hydrogens (tertiary/aromatic N) is 5. The average Bonchev–Trinajstić information content (AvgIpc) is 2.82. The molecule has 3 heterocycles. The van der Waals surface area contributed by atoms with E-state index < -0.39 is 5.82 Å². The lowest BCUT2D eigenvalue weighted by molar-refractivity contribution is 0.0736. The van der Waals surface area contributed by atoms with Crippen LogP contribution in [0.25, 0.3) is 22.2 Å². The second-order valence-electron chi connectivity index (χ2n) is 7.42. The van der Waals surface area contributed by atoms with E-state index in [-0.39, 0.29) is 5.91 Å². The summed E-state index contributed by atoms with van der Waals surface area (Å²) in [6.07, 6.45) is 5.37. The molecule has 31 heavy (non-hydrogen) atoms. The highest BCUT2D eigenvalue weighted by atomic mass is 19.1. The van der Waals surface area contributed by atoms with Gasteiger partial charge in [-0.1, -0.05) is 6.07 Å². The summed E-state index contributed by atoms with van der Waals surface area (Å²) < 4.78 is 14.0. The van der Waals surface area contributed by atoms with Gasteiger partial charge in [0.25, 0.3) is 5.91 Å². The number of amides is 1. The van der Waals surface area contributed by atoms with Crippen LogP contribution in [0.15, 0.2) is 61.2 Å². The molecule has 1 aliphatic rings. The quantitative estimate of drug-likeness (QED) is 0.501. The first-order valence-electron chi connectivity index (χ1n) is 9.79. The van der Waals surface area contributed by atoms with Crippen LogP contribution in [0.5, 0.6) is 0 Å². The summed E-state index contributed by atoms with van der Waals surface area (Å²) in [5.41, 5.74) is 4.78. The maximum absolute atomic E-state index is 14.0. The van der Waals surface area contributed by atoms with Gasteiger partial charge in [-0.2, -0.15) is 5.26 Å². The van der Waals surface area contributed by atoms with Gasteiger partial charge in [0.1, 0.15) is 12.1 Å². The molecular formula is C24H16FN5O. The Hall–Kier alpha value is -4.18. The summed E-state index contributed by atoms with van der Waals surface area (Å²) >= 11 is 0. The second-order valence-corrected chi connectivity index (χ2v) is 7.42. The molecule has 0 atom stereocenters. The predicted molar refractivity (Wildman–Crippen MR) is 112 cm³/mol. The molecule has 0 N–H and O–H groups in total. The number of halogens is 1. The Bertz CT molecular complexity index is 1360. The minimum atomic E-state index is -0.429. The highest BCUT2D eigenvalue weighted by Crippen LogP contribution is 2.28. The first-order valence-corrected chi connectivity index (χ1v) is 9.79. The molecule has 150 valence electrons. The Morgan fingerprint density at radius 2 is 1.90 bits per heavy atom. The molecule has 0 saturated heterocycles. The van der Waals surface area contributed by atoms with E-state index in [0.29, 0.717) is 52.8 Å². The topological polar surface area (TPSA) is 82.8 Å². The monoisotopic (exact) mass is 409 g/mol. The van der Waals surface area contributed by atoms with Crippen LogP contribution in [0, 0.1) is 17.1 Å². The zero-order valence-electron chi connectivity index (χ0n) is 16.4. The summed E-state index contributed by atoms with van der Waals surface area (Å²) in [7, 11) is 0. The van der Waals surface area contributed by atoms with E-state index in [9.17, 15) is 14.4 Å². The molecule has 0 bridgehead atoms. The number of fused-ring (bicyclic) bond motifs is 2. The van der Waals surface area contributed by atoms with E-state index in [0.717, 1.165) is 11.1 Å². The number of pyridine rings is 1. The first-order chi connectivity index (χ1) is 15.1. The van der Waals surface area contributed by atoms with Crippen molar-refractivity contribution in [1.29, 1.82) is 5.26 Å². The van der Waals surface area contributed by atoms with Crippen LogP contribution in [-0.2, 0) is 13.0 Å². The van der Waals surface area contributed by atoms with Crippen molar-refractivity contribution in [3.05, 3.63) is 89.3 Å². The number of carbonyl (C=O) groups is 1. The molecule has 0 fully saturated rings. The fraction of sp³-hybridized carbons (Fsp3) is 0.125. The number of nitriles is 1.